The van der Waals surface area contributed by atoms with E-state index in [4.69, 9.17) is 11.5 Å². The summed E-state index contributed by atoms with van der Waals surface area (Å²) in [6.45, 7) is 0. The highest BCUT2D eigenvalue weighted by atomic mass is 32.1. The van der Waals surface area contributed by atoms with Crippen LogP contribution in [0.3, 0.4) is 0 Å². The van der Waals surface area contributed by atoms with Crippen molar-refractivity contribution in [3.8, 4) is 11.8 Å². The molecule has 0 aliphatic heterocycles. The zero-order valence-electron chi connectivity index (χ0n) is 7.25. The predicted octanol–water partition coefficient (Wildman–Crippen LogP) is 1.52. The van der Waals surface area contributed by atoms with Crippen LogP contribution in [-0.4, -0.2) is 5.75 Å². The van der Waals surface area contributed by atoms with Gasteiger partial charge in [0.25, 0.3) is 0 Å². The molecule has 0 spiro atoms. The minimum Gasteiger partial charge on any atom is -0.397 e. The van der Waals surface area contributed by atoms with Crippen LogP contribution in [0.5, 0.6) is 0 Å². The molecule has 13 heavy (non-hydrogen) atoms. The molecule has 3 heteroatoms. The molecule has 1 rings (SSSR count). The molecule has 4 N–H and O–H groups in total. The van der Waals surface area contributed by atoms with E-state index in [0.29, 0.717) is 11.4 Å². The Balaban J connectivity index is 2.81. The first kappa shape index (κ1) is 9.82. The summed E-state index contributed by atoms with van der Waals surface area (Å²) in [5.41, 5.74) is 13.3. The Morgan fingerprint density at radius 1 is 1.23 bits per heavy atom. The molecule has 0 heterocycles. The third-order valence-electron chi connectivity index (χ3n) is 1.56. The second-order valence-electron chi connectivity index (χ2n) is 2.62. The zero-order valence-corrected chi connectivity index (χ0v) is 8.14. The summed E-state index contributed by atoms with van der Waals surface area (Å²) >= 11 is 4.06. The summed E-state index contributed by atoms with van der Waals surface area (Å²) in [5, 5.41) is 0. The maximum atomic E-state index is 5.62. The summed E-state index contributed by atoms with van der Waals surface area (Å²) in [5.74, 6) is 6.73. The number of hydrogen-bond donors (Lipinski definition) is 3. The van der Waals surface area contributed by atoms with Gasteiger partial charge in [0.05, 0.1) is 11.4 Å². The van der Waals surface area contributed by atoms with E-state index in [2.05, 4.69) is 24.5 Å². The molecular weight excluding hydrogens is 180 g/mol. The lowest BCUT2D eigenvalue weighted by Gasteiger charge is -1.98. The molecule has 2 nitrogen and oxygen atoms in total. The van der Waals surface area contributed by atoms with Gasteiger partial charge in [0.15, 0.2) is 0 Å². The van der Waals surface area contributed by atoms with Crippen LogP contribution in [0.25, 0.3) is 0 Å². The smallest absolute Gasteiger partial charge is 0.0560 e. The molecule has 0 atom stereocenters. The van der Waals surface area contributed by atoms with Crippen LogP contribution in [0.1, 0.15) is 12.0 Å². The fraction of sp³-hybridized carbons (Fsp3) is 0.200. The average molecular weight is 192 g/mol. The summed E-state index contributed by atoms with van der Waals surface area (Å²) in [7, 11) is 0. The molecular formula is C10H12N2S. The molecule has 0 amide bonds. The van der Waals surface area contributed by atoms with E-state index >= 15 is 0 Å². The molecule has 0 unspecified atom stereocenters. The topological polar surface area (TPSA) is 52.0 Å². The maximum Gasteiger partial charge on any atom is 0.0560 e. The van der Waals surface area contributed by atoms with Gasteiger partial charge < -0.3 is 11.5 Å². The van der Waals surface area contributed by atoms with E-state index in [-0.39, 0.29) is 0 Å². The number of thiol groups is 1. The Bertz CT molecular complexity index is 350. The summed E-state index contributed by atoms with van der Waals surface area (Å²) in [6.07, 6.45) is 0.785. The Labute approximate surface area is 83.7 Å². The molecule has 0 fully saturated rings. The second-order valence-corrected chi connectivity index (χ2v) is 3.07. The van der Waals surface area contributed by atoms with Crippen LogP contribution in [0.4, 0.5) is 11.4 Å². The summed E-state index contributed by atoms with van der Waals surface area (Å²) in [4.78, 5) is 0. The highest BCUT2D eigenvalue weighted by Gasteiger charge is 1.93. The van der Waals surface area contributed by atoms with Gasteiger partial charge >= 0.3 is 0 Å². The van der Waals surface area contributed by atoms with Gasteiger partial charge in [-0.2, -0.15) is 12.6 Å². The quantitative estimate of drug-likeness (QED) is 0.359. The number of rotatable bonds is 1. The van der Waals surface area contributed by atoms with E-state index in [1.807, 2.05) is 6.07 Å². The van der Waals surface area contributed by atoms with Crippen LogP contribution < -0.4 is 11.5 Å². The second kappa shape index (κ2) is 4.68. The Kier molecular flexibility index (Phi) is 3.53. The SMILES string of the molecule is Nc1ccc(C#CCCS)cc1N. The van der Waals surface area contributed by atoms with Crippen molar-refractivity contribution in [1.29, 1.82) is 0 Å². The van der Waals surface area contributed by atoms with Crippen molar-refractivity contribution < 1.29 is 0 Å². The predicted molar refractivity (Wildman–Crippen MR) is 60.6 cm³/mol. The fourth-order valence-corrected chi connectivity index (χ4v) is 0.985. The first-order valence-corrected chi connectivity index (χ1v) is 4.62. The van der Waals surface area contributed by atoms with Crippen LogP contribution in [-0.2, 0) is 0 Å². The van der Waals surface area contributed by atoms with Gasteiger partial charge in [0.1, 0.15) is 0 Å². The molecule has 0 radical (unpaired) electrons. The van der Waals surface area contributed by atoms with Gasteiger partial charge in [-0.3, -0.25) is 0 Å². The van der Waals surface area contributed by atoms with Gasteiger partial charge in [-0.05, 0) is 18.2 Å². The standard InChI is InChI=1S/C10H12N2S/c11-9-5-4-8(7-10(9)12)3-1-2-6-13/h4-5,7,13H,2,6,11-12H2. The Hall–Kier alpha value is -1.27. The van der Waals surface area contributed by atoms with Crippen molar-refractivity contribution in [2.24, 2.45) is 0 Å². The first-order valence-electron chi connectivity index (χ1n) is 3.99. The number of nitrogen functional groups attached to an aromatic ring is 2. The number of hydrogen-bond acceptors (Lipinski definition) is 3. The van der Waals surface area contributed by atoms with Crippen molar-refractivity contribution in [2.45, 2.75) is 6.42 Å². The molecule has 0 saturated carbocycles. The Morgan fingerprint density at radius 3 is 2.62 bits per heavy atom. The third-order valence-corrected chi connectivity index (χ3v) is 1.78. The number of anilines is 2. The van der Waals surface area contributed by atoms with E-state index in [9.17, 15) is 0 Å². The van der Waals surface area contributed by atoms with Crippen LogP contribution in [0, 0.1) is 11.8 Å². The highest BCUT2D eigenvalue weighted by molar-refractivity contribution is 7.80. The van der Waals surface area contributed by atoms with E-state index in [0.717, 1.165) is 17.7 Å². The highest BCUT2D eigenvalue weighted by Crippen LogP contribution is 2.14. The maximum absolute atomic E-state index is 5.62. The molecule has 1 aromatic carbocycles. The largest absolute Gasteiger partial charge is 0.397 e. The van der Waals surface area contributed by atoms with Crippen molar-refractivity contribution in [2.75, 3.05) is 17.2 Å². The van der Waals surface area contributed by atoms with Crippen LogP contribution in [0.2, 0.25) is 0 Å². The minimum absolute atomic E-state index is 0.581. The lowest BCUT2D eigenvalue weighted by Crippen LogP contribution is -1.94. The minimum atomic E-state index is 0.581. The number of nitrogens with two attached hydrogens (primary N) is 2. The van der Waals surface area contributed by atoms with Crippen LogP contribution >= 0.6 is 12.6 Å². The van der Waals surface area contributed by atoms with Gasteiger partial charge in [-0.1, -0.05) is 11.8 Å². The zero-order chi connectivity index (χ0) is 9.68. The molecule has 0 aliphatic carbocycles. The Morgan fingerprint density at radius 2 is 2.00 bits per heavy atom. The van der Waals surface area contributed by atoms with E-state index in [1.165, 1.54) is 0 Å². The first-order chi connectivity index (χ1) is 6.24. The van der Waals surface area contributed by atoms with Crippen molar-refractivity contribution in [3.05, 3.63) is 23.8 Å². The van der Waals surface area contributed by atoms with Crippen molar-refractivity contribution >= 4 is 24.0 Å². The third kappa shape index (κ3) is 2.92. The van der Waals surface area contributed by atoms with Gasteiger partial charge in [0, 0.05) is 17.7 Å². The van der Waals surface area contributed by atoms with Crippen molar-refractivity contribution in [1.82, 2.24) is 0 Å². The lowest BCUT2D eigenvalue weighted by atomic mass is 10.2. The van der Waals surface area contributed by atoms with E-state index < -0.39 is 0 Å². The summed E-state index contributed by atoms with van der Waals surface area (Å²) < 4.78 is 0. The molecule has 68 valence electrons. The van der Waals surface area contributed by atoms with Crippen LogP contribution in [0.15, 0.2) is 18.2 Å². The number of benzene rings is 1. The molecule has 0 aromatic heterocycles. The molecule has 0 bridgehead atoms. The van der Waals surface area contributed by atoms with E-state index in [1.54, 1.807) is 12.1 Å². The monoisotopic (exact) mass is 192 g/mol. The van der Waals surface area contributed by atoms with Crippen molar-refractivity contribution in [3.63, 3.8) is 0 Å². The molecule has 1 aromatic rings. The van der Waals surface area contributed by atoms with Gasteiger partial charge in [-0.15, -0.1) is 0 Å². The lowest BCUT2D eigenvalue weighted by molar-refractivity contribution is 1.31. The average Bonchev–Trinajstić information content (AvgIpc) is 2.12. The van der Waals surface area contributed by atoms with Gasteiger partial charge in [-0.25, -0.2) is 0 Å². The fourth-order valence-electron chi connectivity index (χ4n) is 0.873. The molecule has 0 saturated heterocycles. The normalized spacial score (nSPS) is 9.00. The van der Waals surface area contributed by atoms with Gasteiger partial charge in [0.2, 0.25) is 0 Å². The molecule has 0 aliphatic rings. The summed E-state index contributed by atoms with van der Waals surface area (Å²) in [6, 6.07) is 5.40.